The number of nitrogens with one attached hydrogen (secondary N) is 1. The van der Waals surface area contributed by atoms with Crippen molar-refractivity contribution in [3.05, 3.63) is 34.8 Å². The van der Waals surface area contributed by atoms with E-state index < -0.39 is 11.9 Å². The average Bonchev–Trinajstić information content (AvgIpc) is 2.98. The number of thioether (sulfide) groups is 1. The molecular formula is C13H12N2O4S. The van der Waals surface area contributed by atoms with Crippen molar-refractivity contribution >= 4 is 23.6 Å². The van der Waals surface area contributed by atoms with Gasteiger partial charge in [-0.15, -0.1) is 0 Å². The largest absolute Gasteiger partial charge is 0.469 e. The zero-order chi connectivity index (χ0) is 14.5. The molecule has 0 saturated heterocycles. The van der Waals surface area contributed by atoms with Crippen molar-refractivity contribution in [2.45, 2.75) is 12.3 Å². The molecule has 0 radical (unpaired) electrons. The van der Waals surface area contributed by atoms with Crippen molar-refractivity contribution in [3.63, 3.8) is 0 Å². The van der Waals surface area contributed by atoms with Crippen molar-refractivity contribution in [1.29, 1.82) is 5.26 Å². The molecule has 0 bridgehead atoms. The first kappa shape index (κ1) is 14.2. The number of nitriles is 1. The van der Waals surface area contributed by atoms with E-state index in [1.807, 2.05) is 0 Å². The molecule has 6 nitrogen and oxygen atoms in total. The van der Waals surface area contributed by atoms with E-state index in [2.05, 4.69) is 16.1 Å². The minimum Gasteiger partial charge on any atom is -0.469 e. The maximum absolute atomic E-state index is 11.7. The fourth-order valence-corrected chi connectivity index (χ4v) is 2.77. The van der Waals surface area contributed by atoms with Gasteiger partial charge < -0.3 is 14.5 Å². The Morgan fingerprint density at radius 3 is 3.10 bits per heavy atom. The molecule has 1 N–H and O–H groups in total. The monoisotopic (exact) mass is 292 g/mol. The molecule has 1 aliphatic rings. The molecule has 0 saturated carbocycles. The van der Waals surface area contributed by atoms with Crippen LogP contribution in [-0.4, -0.2) is 24.7 Å². The van der Waals surface area contributed by atoms with Gasteiger partial charge in [-0.3, -0.25) is 9.59 Å². The number of furan rings is 1. The van der Waals surface area contributed by atoms with Crippen LogP contribution < -0.4 is 5.32 Å². The van der Waals surface area contributed by atoms with Crippen LogP contribution in [0.3, 0.4) is 0 Å². The van der Waals surface area contributed by atoms with E-state index in [0.717, 1.165) is 11.8 Å². The van der Waals surface area contributed by atoms with Crippen molar-refractivity contribution in [3.8, 4) is 6.07 Å². The van der Waals surface area contributed by atoms with Gasteiger partial charge in [0.25, 0.3) is 0 Å². The molecule has 1 atom stereocenters. The summed E-state index contributed by atoms with van der Waals surface area (Å²) in [5.41, 5.74) is 0.397. The Morgan fingerprint density at radius 1 is 1.70 bits per heavy atom. The van der Waals surface area contributed by atoms with Gasteiger partial charge in [-0.05, 0) is 12.1 Å². The predicted octanol–water partition coefficient (Wildman–Crippen LogP) is 1.52. The van der Waals surface area contributed by atoms with Crippen LogP contribution in [0.5, 0.6) is 0 Å². The highest BCUT2D eigenvalue weighted by molar-refractivity contribution is 8.03. The van der Waals surface area contributed by atoms with Gasteiger partial charge in [-0.2, -0.15) is 5.26 Å². The Balaban J connectivity index is 2.27. The molecule has 0 fully saturated rings. The van der Waals surface area contributed by atoms with Gasteiger partial charge >= 0.3 is 5.97 Å². The van der Waals surface area contributed by atoms with Gasteiger partial charge in [-0.25, -0.2) is 0 Å². The van der Waals surface area contributed by atoms with Crippen molar-refractivity contribution in [2.24, 2.45) is 0 Å². The van der Waals surface area contributed by atoms with Crippen LogP contribution in [-0.2, 0) is 14.3 Å². The third kappa shape index (κ3) is 3.03. The van der Waals surface area contributed by atoms with Crippen LogP contribution >= 0.6 is 11.8 Å². The lowest BCUT2D eigenvalue weighted by atomic mass is 9.92. The number of esters is 1. The summed E-state index contributed by atoms with van der Waals surface area (Å²) in [5.74, 6) is -0.453. The Labute approximate surface area is 119 Å². The second-order valence-electron chi connectivity index (χ2n) is 4.04. The zero-order valence-corrected chi connectivity index (χ0v) is 11.5. The van der Waals surface area contributed by atoms with Gasteiger partial charge in [0.15, 0.2) is 0 Å². The maximum atomic E-state index is 11.7. The minimum absolute atomic E-state index is 0.0299. The minimum atomic E-state index is -0.422. The zero-order valence-electron chi connectivity index (χ0n) is 10.7. The molecular weight excluding hydrogens is 280 g/mol. The summed E-state index contributed by atoms with van der Waals surface area (Å²) in [6.45, 7) is 0. The molecule has 104 valence electrons. The standard InChI is InChI=1S/C13H12N2O4S/c1-18-12(17)7-20-13-9(6-14)8(5-11(16)15-13)10-3-2-4-19-10/h2-4,8H,5,7H2,1H3,(H,15,16)/t8-/m0/s1. The maximum Gasteiger partial charge on any atom is 0.316 e. The number of rotatable bonds is 4. The van der Waals surface area contributed by atoms with Gasteiger partial charge in [0, 0.05) is 6.42 Å². The summed E-state index contributed by atoms with van der Waals surface area (Å²) in [6, 6.07) is 5.52. The summed E-state index contributed by atoms with van der Waals surface area (Å²) in [6.07, 6.45) is 1.65. The van der Waals surface area contributed by atoms with Crippen LogP contribution in [0.1, 0.15) is 18.1 Å². The number of nitrogens with zero attached hydrogens (tertiary/aromatic N) is 1. The Hall–Kier alpha value is -2.20. The summed E-state index contributed by atoms with van der Waals surface area (Å²) < 4.78 is 9.82. The SMILES string of the molecule is COC(=O)CSC1=C(C#N)[C@@H](c2ccco2)CC(=O)N1. The van der Waals surface area contributed by atoms with E-state index in [9.17, 15) is 14.9 Å². The smallest absolute Gasteiger partial charge is 0.316 e. The summed E-state index contributed by atoms with van der Waals surface area (Å²) in [4.78, 5) is 22.9. The van der Waals surface area contributed by atoms with Crippen molar-refractivity contribution in [1.82, 2.24) is 5.32 Å². The topological polar surface area (TPSA) is 92.3 Å². The molecule has 2 rings (SSSR count). The van der Waals surface area contributed by atoms with E-state index in [1.54, 1.807) is 12.1 Å². The van der Waals surface area contributed by atoms with Gasteiger partial charge in [0.1, 0.15) is 5.76 Å². The van der Waals surface area contributed by atoms with E-state index >= 15 is 0 Å². The fraction of sp³-hybridized carbons (Fsp3) is 0.308. The number of carbonyl (C=O) groups is 2. The number of amides is 1. The Bertz CT molecular complexity index is 586. The van der Waals surface area contributed by atoms with Crippen molar-refractivity contribution < 1.29 is 18.7 Å². The lowest BCUT2D eigenvalue weighted by Crippen LogP contribution is -2.31. The van der Waals surface area contributed by atoms with E-state index in [1.165, 1.54) is 13.4 Å². The molecule has 1 amide bonds. The van der Waals surface area contributed by atoms with Crippen molar-refractivity contribution in [2.75, 3.05) is 12.9 Å². The first-order valence-corrected chi connectivity index (χ1v) is 6.81. The first-order chi connectivity index (χ1) is 9.65. The molecule has 2 heterocycles. The van der Waals surface area contributed by atoms with Crippen LogP contribution in [0.4, 0.5) is 0 Å². The fourth-order valence-electron chi connectivity index (χ4n) is 1.86. The van der Waals surface area contributed by atoms with Crippen LogP contribution in [0.2, 0.25) is 0 Å². The molecule has 1 aliphatic heterocycles. The molecule has 0 aromatic carbocycles. The normalized spacial score (nSPS) is 18.4. The van der Waals surface area contributed by atoms with Crippen LogP contribution in [0.15, 0.2) is 33.4 Å². The molecule has 0 aliphatic carbocycles. The van der Waals surface area contributed by atoms with E-state index in [4.69, 9.17) is 4.42 Å². The van der Waals surface area contributed by atoms with Crippen LogP contribution in [0.25, 0.3) is 0 Å². The summed E-state index contributed by atoms with van der Waals surface area (Å²) in [5, 5.41) is 12.3. The summed E-state index contributed by atoms with van der Waals surface area (Å²) >= 11 is 1.08. The third-order valence-electron chi connectivity index (χ3n) is 2.80. The van der Waals surface area contributed by atoms with Gasteiger partial charge in [0.05, 0.1) is 41.7 Å². The molecule has 0 unspecified atom stereocenters. The molecule has 1 aromatic rings. The highest BCUT2D eigenvalue weighted by Crippen LogP contribution is 2.35. The molecule has 20 heavy (non-hydrogen) atoms. The van der Waals surface area contributed by atoms with E-state index in [0.29, 0.717) is 16.4 Å². The highest BCUT2D eigenvalue weighted by atomic mass is 32.2. The summed E-state index contributed by atoms with van der Waals surface area (Å²) in [7, 11) is 1.29. The number of allylic oxidation sites excluding steroid dienone is 1. The van der Waals surface area contributed by atoms with Crippen LogP contribution in [0, 0.1) is 11.3 Å². The molecule has 1 aromatic heterocycles. The lowest BCUT2D eigenvalue weighted by molar-refractivity contribution is -0.137. The molecule has 0 spiro atoms. The second kappa shape index (κ2) is 6.30. The quantitative estimate of drug-likeness (QED) is 0.846. The Morgan fingerprint density at radius 2 is 2.50 bits per heavy atom. The number of methoxy groups -OCH3 is 1. The first-order valence-electron chi connectivity index (χ1n) is 5.82. The number of hydrogen-bond donors (Lipinski definition) is 1. The highest BCUT2D eigenvalue weighted by Gasteiger charge is 2.31. The third-order valence-corrected chi connectivity index (χ3v) is 3.80. The predicted molar refractivity (Wildman–Crippen MR) is 71.3 cm³/mol. The number of ether oxygens (including phenoxy) is 1. The number of hydrogen-bond acceptors (Lipinski definition) is 6. The van der Waals surface area contributed by atoms with Gasteiger partial charge in [0.2, 0.25) is 5.91 Å². The molecule has 7 heteroatoms. The van der Waals surface area contributed by atoms with E-state index in [-0.39, 0.29) is 18.1 Å². The second-order valence-corrected chi connectivity index (χ2v) is 5.03. The lowest BCUT2D eigenvalue weighted by Gasteiger charge is -2.23. The number of carbonyl (C=O) groups excluding carboxylic acids is 2. The van der Waals surface area contributed by atoms with Gasteiger partial charge in [-0.1, -0.05) is 11.8 Å². The Kier molecular flexibility index (Phi) is 4.48. The average molecular weight is 292 g/mol.